The molecule has 86 valence electrons. The first kappa shape index (κ1) is 12.4. The van der Waals surface area contributed by atoms with Crippen LogP contribution >= 0.6 is 11.8 Å². The van der Waals surface area contributed by atoms with E-state index in [1.165, 1.54) is 0 Å². The lowest BCUT2D eigenvalue weighted by atomic mass is 9.97. The van der Waals surface area contributed by atoms with E-state index in [1.807, 2.05) is 18.1 Å². The number of hydrogen-bond acceptors (Lipinski definition) is 4. The zero-order chi connectivity index (χ0) is 11.3. The maximum Gasteiger partial charge on any atom is 0.223 e. The fraction of sp³-hybridized carbons (Fsp3) is 0.800. The molecule has 0 aromatic rings. The summed E-state index contributed by atoms with van der Waals surface area (Å²) < 4.78 is 0. The Balaban J connectivity index is 2.43. The number of piperidine rings is 1. The van der Waals surface area contributed by atoms with E-state index in [4.69, 9.17) is 5.21 Å². The third-order valence-corrected chi connectivity index (χ3v) is 3.31. The summed E-state index contributed by atoms with van der Waals surface area (Å²) in [6, 6.07) is 0. The Bertz CT molecular complexity index is 256. The zero-order valence-corrected chi connectivity index (χ0v) is 10.1. The van der Waals surface area contributed by atoms with Crippen molar-refractivity contribution in [1.29, 1.82) is 0 Å². The highest BCUT2D eigenvalue weighted by Crippen LogP contribution is 2.15. The van der Waals surface area contributed by atoms with E-state index in [0.29, 0.717) is 25.9 Å². The van der Waals surface area contributed by atoms with Crippen LogP contribution in [-0.4, -0.2) is 46.8 Å². The van der Waals surface area contributed by atoms with Gasteiger partial charge >= 0.3 is 0 Å². The van der Waals surface area contributed by atoms with Crippen LogP contribution in [0.5, 0.6) is 0 Å². The van der Waals surface area contributed by atoms with Gasteiger partial charge in [-0.2, -0.15) is 11.8 Å². The molecular weight excluding hydrogens is 212 g/mol. The fourth-order valence-electron chi connectivity index (χ4n) is 1.75. The molecule has 1 aliphatic rings. The Morgan fingerprint density at radius 3 is 3.00 bits per heavy atom. The van der Waals surface area contributed by atoms with Crippen molar-refractivity contribution in [2.75, 3.05) is 25.1 Å². The molecule has 1 atom stereocenters. The molecule has 1 saturated heterocycles. The first-order valence-electron chi connectivity index (χ1n) is 5.16. The maximum atomic E-state index is 11.7. The topological polar surface area (TPSA) is 52.9 Å². The van der Waals surface area contributed by atoms with Crippen LogP contribution in [-0.2, 0) is 4.79 Å². The molecule has 4 nitrogen and oxygen atoms in total. The van der Waals surface area contributed by atoms with E-state index >= 15 is 0 Å². The van der Waals surface area contributed by atoms with Crippen LogP contribution in [0.4, 0.5) is 0 Å². The van der Waals surface area contributed by atoms with Gasteiger partial charge in [0.25, 0.3) is 0 Å². The molecule has 1 N–H and O–H groups in total. The van der Waals surface area contributed by atoms with Crippen molar-refractivity contribution < 1.29 is 10.0 Å². The van der Waals surface area contributed by atoms with E-state index in [-0.39, 0.29) is 11.8 Å². The van der Waals surface area contributed by atoms with Gasteiger partial charge in [-0.25, -0.2) is 0 Å². The first-order valence-corrected chi connectivity index (χ1v) is 6.56. The molecule has 0 aromatic heterocycles. The van der Waals surface area contributed by atoms with Crippen LogP contribution in [0.2, 0.25) is 0 Å². The number of likely N-dealkylation sites (tertiary alicyclic amines) is 1. The third kappa shape index (κ3) is 3.41. The average molecular weight is 230 g/mol. The highest BCUT2D eigenvalue weighted by atomic mass is 32.2. The van der Waals surface area contributed by atoms with Crippen molar-refractivity contribution in [3.05, 3.63) is 0 Å². The number of rotatable bonds is 3. The van der Waals surface area contributed by atoms with E-state index in [2.05, 4.69) is 5.16 Å². The van der Waals surface area contributed by atoms with Crippen molar-refractivity contribution in [1.82, 2.24) is 4.90 Å². The molecule has 0 aliphatic carbocycles. The van der Waals surface area contributed by atoms with Crippen LogP contribution in [0.1, 0.15) is 19.8 Å². The number of oxime groups is 1. The SMILES string of the molecule is CSCCC(=O)N1CCC(=NO)C(C)C1. The quantitative estimate of drug-likeness (QED) is 0.589. The molecule has 1 fully saturated rings. The van der Waals surface area contributed by atoms with Gasteiger partial charge in [0.2, 0.25) is 5.91 Å². The summed E-state index contributed by atoms with van der Waals surface area (Å²) in [5.41, 5.74) is 0.809. The predicted molar refractivity (Wildman–Crippen MR) is 62.6 cm³/mol. The lowest BCUT2D eigenvalue weighted by Crippen LogP contribution is -2.43. The zero-order valence-electron chi connectivity index (χ0n) is 9.27. The molecule has 1 aliphatic heterocycles. The van der Waals surface area contributed by atoms with Crippen molar-refractivity contribution in [2.24, 2.45) is 11.1 Å². The van der Waals surface area contributed by atoms with Crippen molar-refractivity contribution in [3.63, 3.8) is 0 Å². The Morgan fingerprint density at radius 2 is 2.47 bits per heavy atom. The Morgan fingerprint density at radius 1 is 1.73 bits per heavy atom. The van der Waals surface area contributed by atoms with Gasteiger partial charge in [-0.1, -0.05) is 12.1 Å². The van der Waals surface area contributed by atoms with Crippen LogP contribution in [0.15, 0.2) is 5.16 Å². The van der Waals surface area contributed by atoms with Crippen molar-refractivity contribution in [3.8, 4) is 0 Å². The summed E-state index contributed by atoms with van der Waals surface area (Å²) in [5, 5.41) is 12.0. The summed E-state index contributed by atoms with van der Waals surface area (Å²) >= 11 is 1.69. The monoisotopic (exact) mass is 230 g/mol. The lowest BCUT2D eigenvalue weighted by molar-refractivity contribution is -0.131. The molecule has 5 heteroatoms. The van der Waals surface area contributed by atoms with Crippen LogP contribution in [0, 0.1) is 5.92 Å². The second kappa shape index (κ2) is 6.00. The minimum absolute atomic E-state index is 0.182. The molecule has 0 spiro atoms. The van der Waals surface area contributed by atoms with Crippen molar-refractivity contribution >= 4 is 23.4 Å². The van der Waals surface area contributed by atoms with Crippen LogP contribution in [0.25, 0.3) is 0 Å². The summed E-state index contributed by atoms with van der Waals surface area (Å²) in [4.78, 5) is 13.6. The first-order chi connectivity index (χ1) is 7.19. The highest BCUT2D eigenvalue weighted by Gasteiger charge is 2.25. The molecule has 0 radical (unpaired) electrons. The van der Waals surface area contributed by atoms with Gasteiger partial charge in [0.05, 0.1) is 5.71 Å². The third-order valence-electron chi connectivity index (χ3n) is 2.70. The number of hydrogen-bond donors (Lipinski definition) is 1. The molecular formula is C10H18N2O2S. The van der Waals surface area contributed by atoms with Gasteiger partial charge in [0, 0.05) is 37.6 Å². The largest absolute Gasteiger partial charge is 0.411 e. The van der Waals surface area contributed by atoms with Gasteiger partial charge in [-0.3, -0.25) is 4.79 Å². The van der Waals surface area contributed by atoms with Crippen LogP contribution < -0.4 is 0 Å². The van der Waals surface area contributed by atoms with Gasteiger partial charge in [0.15, 0.2) is 0 Å². The predicted octanol–water partition coefficient (Wildman–Crippen LogP) is 1.44. The number of thioether (sulfide) groups is 1. The van der Waals surface area contributed by atoms with E-state index in [1.54, 1.807) is 11.8 Å². The number of nitrogens with zero attached hydrogens (tertiary/aromatic N) is 2. The minimum Gasteiger partial charge on any atom is -0.411 e. The number of amides is 1. The minimum atomic E-state index is 0.182. The normalized spacial score (nSPS) is 24.5. The van der Waals surface area contributed by atoms with E-state index in [0.717, 1.165) is 11.5 Å². The lowest BCUT2D eigenvalue weighted by Gasteiger charge is -2.31. The smallest absolute Gasteiger partial charge is 0.223 e. The van der Waals surface area contributed by atoms with Gasteiger partial charge < -0.3 is 10.1 Å². The summed E-state index contributed by atoms with van der Waals surface area (Å²) in [6.07, 6.45) is 3.31. The molecule has 1 amide bonds. The molecule has 0 bridgehead atoms. The molecule has 0 saturated carbocycles. The number of carbonyl (C=O) groups is 1. The van der Waals surface area contributed by atoms with Gasteiger partial charge in [-0.15, -0.1) is 0 Å². The molecule has 15 heavy (non-hydrogen) atoms. The fourth-order valence-corrected chi connectivity index (χ4v) is 2.12. The van der Waals surface area contributed by atoms with Gasteiger partial charge in [0.1, 0.15) is 0 Å². The Labute approximate surface area is 94.7 Å². The Kier molecular flexibility index (Phi) is 4.94. The highest BCUT2D eigenvalue weighted by molar-refractivity contribution is 7.98. The molecule has 0 aromatic carbocycles. The number of carbonyl (C=O) groups excluding carboxylic acids is 1. The maximum absolute atomic E-state index is 11.7. The average Bonchev–Trinajstić information content (AvgIpc) is 2.25. The molecule has 1 unspecified atom stereocenters. The van der Waals surface area contributed by atoms with Gasteiger partial charge in [-0.05, 0) is 6.26 Å². The molecule has 1 rings (SSSR count). The summed E-state index contributed by atoms with van der Waals surface area (Å²) in [6.45, 7) is 3.37. The molecule has 1 heterocycles. The Hall–Kier alpha value is -0.710. The van der Waals surface area contributed by atoms with Crippen molar-refractivity contribution in [2.45, 2.75) is 19.8 Å². The van der Waals surface area contributed by atoms with Crippen LogP contribution in [0.3, 0.4) is 0 Å². The van der Waals surface area contributed by atoms with E-state index in [9.17, 15) is 4.79 Å². The second-order valence-corrected chi connectivity index (χ2v) is 4.81. The standard InChI is InChI=1S/C10H18N2O2S/c1-8-7-12(5-3-9(8)11-14)10(13)4-6-15-2/h8,14H,3-7H2,1-2H3. The summed E-state index contributed by atoms with van der Waals surface area (Å²) in [5.74, 6) is 1.28. The summed E-state index contributed by atoms with van der Waals surface area (Å²) in [7, 11) is 0. The van der Waals surface area contributed by atoms with E-state index < -0.39 is 0 Å². The second-order valence-electron chi connectivity index (χ2n) is 3.82.